The first kappa shape index (κ1) is 20.9. The van der Waals surface area contributed by atoms with Gasteiger partial charge in [-0.25, -0.2) is 0 Å². The lowest BCUT2D eigenvalue weighted by Crippen LogP contribution is -2.41. The van der Waals surface area contributed by atoms with E-state index < -0.39 is 0 Å². The van der Waals surface area contributed by atoms with Crippen molar-refractivity contribution in [3.05, 3.63) is 35.4 Å². The zero-order valence-electron chi connectivity index (χ0n) is 15.1. The molecule has 2 rings (SSSR count). The van der Waals surface area contributed by atoms with Gasteiger partial charge in [-0.2, -0.15) is 0 Å². The summed E-state index contributed by atoms with van der Waals surface area (Å²) >= 11 is 0. The largest absolute Gasteiger partial charge is 0.378 e. The quantitative estimate of drug-likeness (QED) is 0.825. The molecule has 4 nitrogen and oxygen atoms in total. The maximum atomic E-state index is 12.6. The van der Waals surface area contributed by atoms with Crippen LogP contribution in [0.5, 0.6) is 0 Å². The minimum Gasteiger partial charge on any atom is -0.378 e. The second kappa shape index (κ2) is 9.40. The zero-order chi connectivity index (χ0) is 16.9. The van der Waals surface area contributed by atoms with Crippen molar-refractivity contribution in [2.45, 2.75) is 51.6 Å². The van der Waals surface area contributed by atoms with Crippen molar-refractivity contribution in [1.82, 2.24) is 4.90 Å². The fourth-order valence-corrected chi connectivity index (χ4v) is 2.85. The Kier molecular flexibility index (Phi) is 8.20. The Bertz CT molecular complexity index is 503. The summed E-state index contributed by atoms with van der Waals surface area (Å²) < 4.78 is 5.79. The first-order valence-corrected chi connectivity index (χ1v) is 8.63. The monoisotopic (exact) mass is 354 g/mol. The number of benzene rings is 1. The molecule has 0 spiro atoms. The summed E-state index contributed by atoms with van der Waals surface area (Å²) in [6.45, 7) is 9.48. The van der Waals surface area contributed by atoms with Crippen LogP contribution in [0.25, 0.3) is 0 Å². The molecule has 5 heteroatoms. The van der Waals surface area contributed by atoms with Crippen molar-refractivity contribution in [1.29, 1.82) is 0 Å². The predicted molar refractivity (Wildman–Crippen MR) is 101 cm³/mol. The van der Waals surface area contributed by atoms with Crippen molar-refractivity contribution in [2.75, 3.05) is 26.2 Å². The number of amides is 1. The van der Waals surface area contributed by atoms with Crippen LogP contribution in [0.15, 0.2) is 24.3 Å². The number of halogens is 1. The highest BCUT2D eigenvalue weighted by Crippen LogP contribution is 2.23. The number of carbonyl (C=O) groups excluding carboxylic acids is 1. The van der Waals surface area contributed by atoms with Crippen LogP contribution >= 0.6 is 12.4 Å². The van der Waals surface area contributed by atoms with Crippen LogP contribution in [-0.4, -0.2) is 43.2 Å². The van der Waals surface area contributed by atoms with Gasteiger partial charge >= 0.3 is 0 Å². The van der Waals surface area contributed by atoms with E-state index in [2.05, 4.69) is 32.9 Å². The minimum absolute atomic E-state index is 0. The van der Waals surface area contributed by atoms with Gasteiger partial charge in [0.05, 0.1) is 6.10 Å². The second-order valence-electron chi connectivity index (χ2n) is 7.33. The number of likely N-dealkylation sites (tertiary alicyclic amines) is 1. The molecule has 0 radical (unpaired) electrons. The van der Waals surface area contributed by atoms with Gasteiger partial charge in [0.15, 0.2) is 0 Å². The van der Waals surface area contributed by atoms with Crippen molar-refractivity contribution >= 4 is 18.3 Å². The van der Waals surface area contributed by atoms with Crippen LogP contribution in [0.2, 0.25) is 0 Å². The van der Waals surface area contributed by atoms with Crippen LogP contribution in [0, 0.1) is 0 Å². The molecule has 24 heavy (non-hydrogen) atoms. The predicted octanol–water partition coefficient (Wildman–Crippen LogP) is 3.38. The Balaban J connectivity index is 0.00000288. The number of rotatable bonds is 5. The third-order valence-electron chi connectivity index (χ3n) is 4.43. The molecule has 136 valence electrons. The lowest BCUT2D eigenvalue weighted by molar-refractivity contribution is 0.00844. The summed E-state index contributed by atoms with van der Waals surface area (Å²) in [6.07, 6.45) is 3.00. The highest BCUT2D eigenvalue weighted by molar-refractivity contribution is 5.94. The Morgan fingerprint density at radius 3 is 2.29 bits per heavy atom. The molecule has 1 aromatic carbocycles. The van der Waals surface area contributed by atoms with Gasteiger partial charge in [0.2, 0.25) is 0 Å². The molecule has 1 amide bonds. The highest BCUT2D eigenvalue weighted by atomic mass is 35.5. The summed E-state index contributed by atoms with van der Waals surface area (Å²) in [7, 11) is 0. The Morgan fingerprint density at radius 1 is 1.21 bits per heavy atom. The van der Waals surface area contributed by atoms with Crippen molar-refractivity contribution in [3.8, 4) is 0 Å². The summed E-state index contributed by atoms with van der Waals surface area (Å²) in [5.74, 6) is 0.130. The maximum Gasteiger partial charge on any atom is 0.253 e. The van der Waals surface area contributed by atoms with E-state index >= 15 is 0 Å². The number of carbonyl (C=O) groups is 1. The van der Waals surface area contributed by atoms with Crippen molar-refractivity contribution in [3.63, 3.8) is 0 Å². The van der Waals surface area contributed by atoms with Crippen LogP contribution in [0.4, 0.5) is 0 Å². The van der Waals surface area contributed by atoms with Gasteiger partial charge in [0.1, 0.15) is 0 Å². The Labute approximate surface area is 152 Å². The van der Waals surface area contributed by atoms with Crippen molar-refractivity contribution < 1.29 is 9.53 Å². The van der Waals surface area contributed by atoms with E-state index in [-0.39, 0.29) is 29.8 Å². The van der Waals surface area contributed by atoms with E-state index in [0.29, 0.717) is 6.54 Å². The number of nitrogens with two attached hydrogens (primary N) is 1. The number of hydrogen-bond donors (Lipinski definition) is 1. The average Bonchev–Trinajstić information content (AvgIpc) is 2.54. The van der Waals surface area contributed by atoms with E-state index in [4.69, 9.17) is 10.5 Å². The molecular weight excluding hydrogens is 324 g/mol. The lowest BCUT2D eigenvalue weighted by atomic mass is 9.86. The van der Waals surface area contributed by atoms with E-state index in [9.17, 15) is 4.79 Å². The molecule has 1 aliphatic heterocycles. The molecule has 1 heterocycles. The minimum atomic E-state index is 0. The molecular formula is C19H31ClN2O2. The molecule has 1 aliphatic rings. The molecule has 0 atom stereocenters. The second-order valence-corrected chi connectivity index (χ2v) is 7.33. The molecule has 1 aromatic rings. The van der Waals surface area contributed by atoms with Gasteiger partial charge in [0, 0.05) is 25.3 Å². The molecule has 0 saturated carbocycles. The van der Waals surface area contributed by atoms with Gasteiger partial charge < -0.3 is 15.4 Å². The molecule has 1 fully saturated rings. The third-order valence-corrected chi connectivity index (χ3v) is 4.43. The topological polar surface area (TPSA) is 55.6 Å². The van der Waals surface area contributed by atoms with Crippen LogP contribution < -0.4 is 5.73 Å². The van der Waals surface area contributed by atoms with E-state index in [1.54, 1.807) is 0 Å². The standard InChI is InChI=1S/C19H30N2O2.ClH/c1-19(2,3)16-7-5-15(6-8-16)18(22)21-12-9-17(10-13-21)23-14-4-11-20;/h5-8,17H,4,9-14,20H2,1-3H3;1H. The molecule has 0 unspecified atom stereocenters. The highest BCUT2D eigenvalue weighted by Gasteiger charge is 2.24. The summed E-state index contributed by atoms with van der Waals surface area (Å²) in [6, 6.07) is 8.03. The first-order valence-electron chi connectivity index (χ1n) is 8.63. The third kappa shape index (κ3) is 5.76. The van der Waals surface area contributed by atoms with E-state index in [1.807, 2.05) is 17.0 Å². The average molecular weight is 355 g/mol. The number of nitrogens with zero attached hydrogens (tertiary/aromatic N) is 1. The van der Waals surface area contributed by atoms with Crippen LogP contribution in [0.1, 0.15) is 56.0 Å². The lowest BCUT2D eigenvalue weighted by Gasteiger charge is -2.32. The normalized spacial score (nSPS) is 15.9. The number of ether oxygens (including phenoxy) is 1. The number of hydrogen-bond acceptors (Lipinski definition) is 3. The Morgan fingerprint density at radius 2 is 1.79 bits per heavy atom. The van der Waals surface area contributed by atoms with Crippen LogP contribution in [-0.2, 0) is 10.2 Å². The van der Waals surface area contributed by atoms with E-state index in [0.717, 1.165) is 44.5 Å². The fourth-order valence-electron chi connectivity index (χ4n) is 2.85. The maximum absolute atomic E-state index is 12.6. The van der Waals surface area contributed by atoms with Gasteiger partial charge in [0.25, 0.3) is 5.91 Å². The first-order chi connectivity index (χ1) is 10.9. The summed E-state index contributed by atoms with van der Waals surface area (Å²) in [5.41, 5.74) is 7.62. The molecule has 0 aliphatic carbocycles. The fraction of sp³-hybridized carbons (Fsp3) is 0.632. The molecule has 1 saturated heterocycles. The molecule has 0 aromatic heterocycles. The van der Waals surface area contributed by atoms with Gasteiger partial charge in [-0.15, -0.1) is 12.4 Å². The van der Waals surface area contributed by atoms with Gasteiger partial charge in [-0.3, -0.25) is 4.79 Å². The Hall–Kier alpha value is -1.10. The molecule has 0 bridgehead atoms. The smallest absolute Gasteiger partial charge is 0.253 e. The summed E-state index contributed by atoms with van der Waals surface area (Å²) in [5, 5.41) is 0. The zero-order valence-corrected chi connectivity index (χ0v) is 15.9. The van der Waals surface area contributed by atoms with Gasteiger partial charge in [-0.1, -0.05) is 32.9 Å². The van der Waals surface area contributed by atoms with Crippen molar-refractivity contribution in [2.24, 2.45) is 5.73 Å². The SMILES string of the molecule is CC(C)(C)c1ccc(C(=O)N2CCC(OCCCN)CC2)cc1.Cl. The van der Waals surface area contributed by atoms with E-state index in [1.165, 1.54) is 5.56 Å². The van der Waals surface area contributed by atoms with Gasteiger partial charge in [-0.05, 0) is 48.9 Å². The summed E-state index contributed by atoms with van der Waals surface area (Å²) in [4.78, 5) is 14.5. The van der Waals surface area contributed by atoms with Crippen LogP contribution in [0.3, 0.4) is 0 Å². The molecule has 2 N–H and O–H groups in total. The number of piperidine rings is 1.